The minimum Gasteiger partial charge on any atom is -0.457 e. The van der Waals surface area contributed by atoms with Crippen LogP contribution in [-0.2, 0) is 6.42 Å². The first-order chi connectivity index (χ1) is 9.06. The van der Waals surface area contributed by atoms with Gasteiger partial charge in [-0.05, 0) is 62.1 Å². The molecule has 2 rings (SSSR count). The van der Waals surface area contributed by atoms with E-state index in [2.05, 4.69) is 32.0 Å². The second-order valence-electron chi connectivity index (χ2n) is 5.13. The minimum atomic E-state index is 0.186. The Morgan fingerprint density at radius 3 is 2.37 bits per heavy atom. The third kappa shape index (κ3) is 3.58. The lowest BCUT2D eigenvalue weighted by Gasteiger charge is -2.11. The monoisotopic (exact) mass is 255 g/mol. The van der Waals surface area contributed by atoms with E-state index in [9.17, 15) is 0 Å². The van der Waals surface area contributed by atoms with Crippen molar-refractivity contribution in [3.05, 3.63) is 59.2 Å². The first-order valence-corrected chi connectivity index (χ1v) is 6.65. The van der Waals surface area contributed by atoms with E-state index in [1.54, 1.807) is 0 Å². The van der Waals surface area contributed by atoms with Crippen molar-refractivity contribution in [2.24, 2.45) is 5.73 Å². The van der Waals surface area contributed by atoms with E-state index in [4.69, 9.17) is 10.5 Å². The van der Waals surface area contributed by atoms with Gasteiger partial charge < -0.3 is 10.5 Å². The van der Waals surface area contributed by atoms with Gasteiger partial charge in [0.05, 0.1) is 0 Å². The maximum Gasteiger partial charge on any atom is 0.130 e. The molecule has 1 atom stereocenters. The fourth-order valence-electron chi connectivity index (χ4n) is 2.03. The summed E-state index contributed by atoms with van der Waals surface area (Å²) in [6.07, 6.45) is 0.893. The van der Waals surface area contributed by atoms with Crippen LogP contribution in [0.25, 0.3) is 0 Å². The Labute approximate surface area is 115 Å². The zero-order chi connectivity index (χ0) is 13.8. The van der Waals surface area contributed by atoms with Gasteiger partial charge in [-0.2, -0.15) is 0 Å². The Kier molecular flexibility index (Phi) is 4.23. The van der Waals surface area contributed by atoms with Gasteiger partial charge in [-0.1, -0.05) is 24.3 Å². The van der Waals surface area contributed by atoms with Crippen LogP contribution in [0.5, 0.6) is 11.5 Å². The molecular formula is C17H21NO. The number of benzene rings is 2. The van der Waals surface area contributed by atoms with Crippen molar-refractivity contribution in [1.82, 2.24) is 0 Å². The van der Waals surface area contributed by atoms with Crippen LogP contribution in [-0.4, -0.2) is 6.04 Å². The predicted molar refractivity (Wildman–Crippen MR) is 79.8 cm³/mol. The fourth-order valence-corrected chi connectivity index (χ4v) is 2.03. The van der Waals surface area contributed by atoms with Gasteiger partial charge in [0.2, 0.25) is 0 Å². The van der Waals surface area contributed by atoms with Crippen molar-refractivity contribution in [2.45, 2.75) is 33.2 Å². The summed E-state index contributed by atoms with van der Waals surface area (Å²) in [7, 11) is 0. The lowest BCUT2D eigenvalue weighted by atomic mass is 10.1. The van der Waals surface area contributed by atoms with Crippen LogP contribution in [0.15, 0.2) is 42.5 Å². The fraction of sp³-hybridized carbons (Fsp3) is 0.294. The lowest BCUT2D eigenvalue weighted by molar-refractivity contribution is 0.478. The zero-order valence-electron chi connectivity index (χ0n) is 11.8. The van der Waals surface area contributed by atoms with Gasteiger partial charge >= 0.3 is 0 Å². The number of ether oxygens (including phenoxy) is 1. The van der Waals surface area contributed by atoms with Crippen molar-refractivity contribution >= 4 is 0 Å². The van der Waals surface area contributed by atoms with Crippen LogP contribution in [0.1, 0.15) is 23.6 Å². The highest BCUT2D eigenvalue weighted by atomic mass is 16.5. The van der Waals surface area contributed by atoms with Gasteiger partial charge in [-0.25, -0.2) is 0 Å². The van der Waals surface area contributed by atoms with Crippen LogP contribution in [0.4, 0.5) is 0 Å². The number of aryl methyl sites for hydroxylation is 1. The molecule has 0 saturated carbocycles. The summed E-state index contributed by atoms with van der Waals surface area (Å²) >= 11 is 0. The molecule has 0 spiro atoms. The largest absolute Gasteiger partial charge is 0.457 e. The smallest absolute Gasteiger partial charge is 0.130 e. The standard InChI is InChI=1S/C17H21NO/c1-12-5-4-6-17(14(12)3)19-16-9-7-15(8-10-16)11-13(2)18/h4-10,13H,11,18H2,1-3H3. The van der Waals surface area contributed by atoms with Crippen LogP contribution in [0.2, 0.25) is 0 Å². The first-order valence-electron chi connectivity index (χ1n) is 6.65. The maximum absolute atomic E-state index is 5.92. The third-order valence-corrected chi connectivity index (χ3v) is 3.26. The third-order valence-electron chi connectivity index (χ3n) is 3.26. The summed E-state index contributed by atoms with van der Waals surface area (Å²) in [6.45, 7) is 6.18. The van der Waals surface area contributed by atoms with E-state index >= 15 is 0 Å². The molecule has 100 valence electrons. The van der Waals surface area contributed by atoms with Gasteiger partial charge in [-0.15, -0.1) is 0 Å². The average Bonchev–Trinajstić information content (AvgIpc) is 2.37. The molecule has 2 N–H and O–H groups in total. The van der Waals surface area contributed by atoms with E-state index in [1.165, 1.54) is 16.7 Å². The molecule has 1 unspecified atom stereocenters. The quantitative estimate of drug-likeness (QED) is 0.896. The second kappa shape index (κ2) is 5.89. The Morgan fingerprint density at radius 1 is 1.05 bits per heavy atom. The van der Waals surface area contributed by atoms with Crippen LogP contribution in [0.3, 0.4) is 0 Å². The van der Waals surface area contributed by atoms with Crippen molar-refractivity contribution in [3.8, 4) is 11.5 Å². The summed E-state index contributed by atoms with van der Waals surface area (Å²) in [5, 5.41) is 0. The Morgan fingerprint density at radius 2 is 1.74 bits per heavy atom. The van der Waals surface area contributed by atoms with Crippen LogP contribution in [0, 0.1) is 13.8 Å². The van der Waals surface area contributed by atoms with Crippen molar-refractivity contribution in [3.63, 3.8) is 0 Å². The molecular weight excluding hydrogens is 234 g/mol. The van der Waals surface area contributed by atoms with Crippen LogP contribution >= 0.6 is 0 Å². The lowest BCUT2D eigenvalue weighted by Crippen LogP contribution is -2.17. The average molecular weight is 255 g/mol. The molecule has 2 aromatic rings. The SMILES string of the molecule is Cc1cccc(Oc2ccc(CC(C)N)cc2)c1C. The van der Waals surface area contributed by atoms with E-state index in [-0.39, 0.29) is 6.04 Å². The molecule has 0 aliphatic rings. The molecule has 19 heavy (non-hydrogen) atoms. The highest BCUT2D eigenvalue weighted by Crippen LogP contribution is 2.27. The molecule has 0 heterocycles. The molecule has 0 bridgehead atoms. The molecule has 0 amide bonds. The van der Waals surface area contributed by atoms with E-state index < -0.39 is 0 Å². The molecule has 0 fully saturated rings. The van der Waals surface area contributed by atoms with Gasteiger partial charge in [0.15, 0.2) is 0 Å². The van der Waals surface area contributed by atoms with E-state index in [0.29, 0.717) is 0 Å². The van der Waals surface area contributed by atoms with Gasteiger partial charge in [0, 0.05) is 6.04 Å². The Bertz CT molecular complexity index is 544. The minimum absolute atomic E-state index is 0.186. The van der Waals surface area contributed by atoms with E-state index in [1.807, 2.05) is 31.2 Å². The molecule has 2 heteroatoms. The number of rotatable bonds is 4. The van der Waals surface area contributed by atoms with Crippen LogP contribution < -0.4 is 10.5 Å². The summed E-state index contributed by atoms with van der Waals surface area (Å²) in [4.78, 5) is 0. The molecule has 0 radical (unpaired) electrons. The number of hydrogen-bond acceptors (Lipinski definition) is 2. The molecule has 0 saturated heterocycles. The van der Waals surface area contributed by atoms with Gasteiger partial charge in [-0.3, -0.25) is 0 Å². The summed E-state index contributed by atoms with van der Waals surface area (Å²) in [5.74, 6) is 1.78. The Hall–Kier alpha value is -1.80. The number of nitrogens with two attached hydrogens (primary N) is 1. The summed E-state index contributed by atoms with van der Waals surface area (Å²) in [6, 6.07) is 14.4. The highest BCUT2D eigenvalue weighted by molar-refractivity contribution is 5.41. The van der Waals surface area contributed by atoms with Gasteiger partial charge in [0.25, 0.3) is 0 Å². The highest BCUT2D eigenvalue weighted by Gasteiger charge is 2.04. The first kappa shape index (κ1) is 13.6. The topological polar surface area (TPSA) is 35.2 Å². The predicted octanol–water partition coefficient (Wildman–Crippen LogP) is 3.99. The molecule has 2 aromatic carbocycles. The van der Waals surface area contributed by atoms with Crippen molar-refractivity contribution < 1.29 is 4.74 Å². The van der Waals surface area contributed by atoms with E-state index in [0.717, 1.165) is 17.9 Å². The molecule has 0 aliphatic heterocycles. The normalized spacial score (nSPS) is 12.2. The Balaban J connectivity index is 2.13. The molecule has 0 aliphatic carbocycles. The summed E-state index contributed by atoms with van der Waals surface area (Å²) < 4.78 is 5.92. The second-order valence-corrected chi connectivity index (χ2v) is 5.13. The maximum atomic E-state index is 5.92. The van der Waals surface area contributed by atoms with Crippen molar-refractivity contribution in [2.75, 3.05) is 0 Å². The molecule has 0 aromatic heterocycles. The summed E-state index contributed by atoms with van der Waals surface area (Å²) in [5.41, 5.74) is 9.45. The van der Waals surface area contributed by atoms with Gasteiger partial charge in [0.1, 0.15) is 11.5 Å². The number of hydrogen-bond donors (Lipinski definition) is 1. The molecule has 2 nitrogen and oxygen atoms in total. The van der Waals surface area contributed by atoms with Crippen molar-refractivity contribution in [1.29, 1.82) is 0 Å². The zero-order valence-corrected chi connectivity index (χ0v) is 11.8.